The van der Waals surface area contributed by atoms with E-state index in [2.05, 4.69) is 5.10 Å². The Kier molecular flexibility index (Phi) is 4.45. The van der Waals surface area contributed by atoms with Crippen LogP contribution in [0.4, 0.5) is 8.78 Å². The fraction of sp³-hybridized carbons (Fsp3) is 0.400. The summed E-state index contributed by atoms with van der Waals surface area (Å²) < 4.78 is 55.0. The first-order valence-corrected chi connectivity index (χ1v) is 8.83. The fourth-order valence-electron chi connectivity index (χ4n) is 2.82. The molecule has 0 bridgehead atoms. The molecule has 3 rings (SSSR count). The van der Waals surface area contributed by atoms with E-state index in [1.54, 1.807) is 6.20 Å². The molecule has 0 N–H and O–H groups in total. The van der Waals surface area contributed by atoms with Gasteiger partial charge in [-0.15, -0.1) is 0 Å². The number of piperidine rings is 1. The number of hydrogen-bond donors (Lipinski definition) is 0. The van der Waals surface area contributed by atoms with Crippen LogP contribution in [0.5, 0.6) is 0 Å². The van der Waals surface area contributed by atoms with Crippen molar-refractivity contribution in [1.29, 1.82) is 0 Å². The maximum absolute atomic E-state index is 13.8. The summed E-state index contributed by atoms with van der Waals surface area (Å²) >= 11 is 0. The van der Waals surface area contributed by atoms with Gasteiger partial charge in [0, 0.05) is 32.0 Å². The molecule has 1 aliphatic heterocycles. The van der Waals surface area contributed by atoms with Crippen LogP contribution >= 0.6 is 0 Å². The van der Waals surface area contributed by atoms with Crippen molar-refractivity contribution < 1.29 is 17.2 Å². The smallest absolute Gasteiger partial charge is 0.246 e. The average Bonchev–Trinajstić information content (AvgIpc) is 3.03. The number of rotatable bonds is 4. The summed E-state index contributed by atoms with van der Waals surface area (Å²) in [6, 6.07) is 4.32. The molecule has 0 atom stereocenters. The Morgan fingerprint density at radius 2 is 1.96 bits per heavy atom. The van der Waals surface area contributed by atoms with Gasteiger partial charge in [-0.1, -0.05) is 0 Å². The second-order valence-corrected chi connectivity index (χ2v) is 7.56. The van der Waals surface area contributed by atoms with Gasteiger partial charge in [0.05, 0.1) is 0 Å². The van der Waals surface area contributed by atoms with E-state index in [-0.39, 0.29) is 0 Å². The number of benzene rings is 1. The topological polar surface area (TPSA) is 55.2 Å². The van der Waals surface area contributed by atoms with E-state index in [1.165, 1.54) is 4.31 Å². The zero-order chi connectivity index (χ0) is 16.4. The van der Waals surface area contributed by atoms with Gasteiger partial charge in [-0.2, -0.15) is 9.40 Å². The molecule has 0 radical (unpaired) electrons. The van der Waals surface area contributed by atoms with Gasteiger partial charge in [0.25, 0.3) is 0 Å². The highest BCUT2D eigenvalue weighted by atomic mass is 32.2. The van der Waals surface area contributed by atoms with E-state index in [9.17, 15) is 17.2 Å². The molecule has 1 aromatic heterocycles. The highest BCUT2D eigenvalue weighted by Crippen LogP contribution is 2.26. The second-order valence-electron chi connectivity index (χ2n) is 5.65. The molecular formula is C15H17F2N3O2S. The van der Waals surface area contributed by atoms with Crippen molar-refractivity contribution >= 4 is 10.0 Å². The van der Waals surface area contributed by atoms with Crippen LogP contribution in [-0.4, -0.2) is 35.6 Å². The van der Waals surface area contributed by atoms with Crippen molar-refractivity contribution in [2.75, 3.05) is 13.1 Å². The third-order valence-electron chi connectivity index (χ3n) is 4.09. The summed E-state index contributed by atoms with van der Waals surface area (Å²) in [7, 11) is -4.00. The molecule has 8 heteroatoms. The van der Waals surface area contributed by atoms with Crippen molar-refractivity contribution in [3.05, 3.63) is 48.3 Å². The van der Waals surface area contributed by atoms with Crippen LogP contribution in [0.3, 0.4) is 0 Å². The molecule has 1 aliphatic rings. The van der Waals surface area contributed by atoms with Crippen LogP contribution < -0.4 is 0 Å². The van der Waals surface area contributed by atoms with Crippen LogP contribution in [0.25, 0.3) is 0 Å². The Bertz CT molecular complexity index is 770. The van der Waals surface area contributed by atoms with Crippen molar-refractivity contribution in [3.8, 4) is 0 Å². The molecule has 23 heavy (non-hydrogen) atoms. The van der Waals surface area contributed by atoms with Crippen LogP contribution in [0.1, 0.15) is 12.8 Å². The lowest BCUT2D eigenvalue weighted by Crippen LogP contribution is -2.39. The predicted octanol–water partition coefficient (Wildman–Crippen LogP) is 2.26. The Balaban J connectivity index is 1.70. The summed E-state index contributed by atoms with van der Waals surface area (Å²) in [6.45, 7) is 1.32. The van der Waals surface area contributed by atoms with Gasteiger partial charge in [0.1, 0.15) is 16.5 Å². The molecule has 0 spiro atoms. The molecule has 2 aromatic rings. The molecule has 5 nitrogen and oxygen atoms in total. The first-order chi connectivity index (χ1) is 11.0. The van der Waals surface area contributed by atoms with Crippen molar-refractivity contribution in [3.63, 3.8) is 0 Å². The summed E-state index contributed by atoms with van der Waals surface area (Å²) in [5, 5.41) is 4.14. The lowest BCUT2D eigenvalue weighted by Gasteiger charge is -2.31. The Morgan fingerprint density at radius 1 is 1.22 bits per heavy atom. The van der Waals surface area contributed by atoms with Crippen molar-refractivity contribution in [2.45, 2.75) is 24.3 Å². The number of hydrogen-bond acceptors (Lipinski definition) is 3. The zero-order valence-corrected chi connectivity index (χ0v) is 13.2. The van der Waals surface area contributed by atoms with Gasteiger partial charge in [0.2, 0.25) is 10.0 Å². The van der Waals surface area contributed by atoms with E-state index < -0.39 is 26.6 Å². The molecule has 1 fully saturated rings. The minimum Gasteiger partial charge on any atom is -0.272 e. The Hall–Kier alpha value is -1.80. The first-order valence-electron chi connectivity index (χ1n) is 7.39. The molecule has 0 aliphatic carbocycles. The average molecular weight is 341 g/mol. The highest BCUT2D eigenvalue weighted by molar-refractivity contribution is 7.89. The van der Waals surface area contributed by atoms with Crippen LogP contribution in [0.15, 0.2) is 41.6 Å². The molecular weight excluding hydrogens is 324 g/mol. The van der Waals surface area contributed by atoms with Crippen molar-refractivity contribution in [2.24, 2.45) is 5.92 Å². The van der Waals surface area contributed by atoms with Gasteiger partial charge >= 0.3 is 0 Å². The van der Waals surface area contributed by atoms with E-state index in [1.807, 2.05) is 16.9 Å². The number of sulfonamides is 1. The van der Waals surface area contributed by atoms with E-state index in [0.29, 0.717) is 31.8 Å². The third-order valence-corrected chi connectivity index (χ3v) is 6.00. The Morgan fingerprint density at radius 3 is 2.61 bits per heavy atom. The summed E-state index contributed by atoms with van der Waals surface area (Å²) in [4.78, 5) is -0.594. The second kappa shape index (κ2) is 6.37. The molecule has 2 heterocycles. The minimum absolute atomic E-state index is 0.296. The van der Waals surface area contributed by atoms with E-state index >= 15 is 0 Å². The maximum Gasteiger partial charge on any atom is 0.246 e. The molecule has 1 saturated heterocycles. The van der Waals surface area contributed by atoms with Gasteiger partial charge < -0.3 is 0 Å². The quantitative estimate of drug-likeness (QED) is 0.857. The van der Waals surface area contributed by atoms with E-state index in [4.69, 9.17) is 0 Å². The SMILES string of the molecule is O=S(=O)(c1cc(F)ccc1F)N1CCC(Cn2cccn2)CC1. The standard InChI is InChI=1S/C15H17F2N3O2S/c16-13-2-3-14(17)15(10-13)23(21,22)20-8-4-12(5-9-20)11-19-7-1-6-18-19/h1-3,6-7,10,12H,4-5,8-9,11H2. The van der Waals surface area contributed by atoms with Gasteiger partial charge in [-0.3, -0.25) is 4.68 Å². The first kappa shape index (κ1) is 16.1. The lowest BCUT2D eigenvalue weighted by molar-refractivity contribution is 0.247. The van der Waals surface area contributed by atoms with Crippen molar-refractivity contribution in [1.82, 2.24) is 14.1 Å². The third kappa shape index (κ3) is 3.42. The maximum atomic E-state index is 13.8. The fourth-order valence-corrected chi connectivity index (χ4v) is 4.36. The monoisotopic (exact) mass is 341 g/mol. The highest BCUT2D eigenvalue weighted by Gasteiger charge is 2.31. The summed E-state index contributed by atoms with van der Waals surface area (Å²) in [6.07, 6.45) is 4.89. The summed E-state index contributed by atoms with van der Waals surface area (Å²) in [5.41, 5.74) is 0. The minimum atomic E-state index is -4.00. The summed E-state index contributed by atoms with van der Waals surface area (Å²) in [5.74, 6) is -1.37. The Labute approximate surface area is 133 Å². The lowest BCUT2D eigenvalue weighted by atomic mass is 9.98. The number of nitrogens with zero attached hydrogens (tertiary/aromatic N) is 3. The van der Waals surface area contributed by atoms with Crippen LogP contribution in [0, 0.1) is 17.6 Å². The molecule has 0 unspecified atom stereocenters. The number of aromatic nitrogens is 2. The van der Waals surface area contributed by atoms with Crippen LogP contribution in [0.2, 0.25) is 0 Å². The van der Waals surface area contributed by atoms with E-state index in [0.717, 1.165) is 24.7 Å². The molecule has 124 valence electrons. The zero-order valence-electron chi connectivity index (χ0n) is 12.4. The molecule has 1 aromatic carbocycles. The molecule has 0 amide bonds. The largest absolute Gasteiger partial charge is 0.272 e. The van der Waals surface area contributed by atoms with Gasteiger partial charge in [-0.25, -0.2) is 17.2 Å². The van der Waals surface area contributed by atoms with Gasteiger partial charge in [-0.05, 0) is 43.0 Å². The van der Waals surface area contributed by atoms with Gasteiger partial charge in [0.15, 0.2) is 0 Å². The normalized spacial score (nSPS) is 17.5. The predicted molar refractivity (Wildman–Crippen MR) is 80.1 cm³/mol. The number of halogens is 2. The van der Waals surface area contributed by atoms with Crippen LogP contribution in [-0.2, 0) is 16.6 Å². The molecule has 0 saturated carbocycles.